The molecule has 2 aromatic carbocycles. The highest BCUT2D eigenvalue weighted by molar-refractivity contribution is 5.96. The Morgan fingerprint density at radius 2 is 1.73 bits per heavy atom. The summed E-state index contributed by atoms with van der Waals surface area (Å²) < 4.78 is 2.98. The Balaban J connectivity index is 1.82. The molecule has 1 N–H and O–H groups in total. The van der Waals surface area contributed by atoms with Crippen molar-refractivity contribution < 1.29 is 9.90 Å². The van der Waals surface area contributed by atoms with Gasteiger partial charge in [-0.1, -0.05) is 36.4 Å². The SMILES string of the molecule is O=C(CO)c1ccc(Cn2c(=O)n(C3CC3)c(=O)c3ccccc32)cc1. The third-order valence-corrected chi connectivity index (χ3v) is 4.75. The van der Waals surface area contributed by atoms with Gasteiger partial charge in [-0.2, -0.15) is 0 Å². The van der Waals surface area contributed by atoms with E-state index in [1.807, 2.05) is 6.07 Å². The van der Waals surface area contributed by atoms with Gasteiger partial charge in [0.2, 0.25) is 0 Å². The van der Waals surface area contributed by atoms with Crippen LogP contribution in [0.4, 0.5) is 0 Å². The van der Waals surface area contributed by atoms with Crippen molar-refractivity contribution in [1.82, 2.24) is 9.13 Å². The summed E-state index contributed by atoms with van der Waals surface area (Å²) in [6.07, 6.45) is 1.71. The van der Waals surface area contributed by atoms with Crippen LogP contribution in [0, 0.1) is 0 Å². The summed E-state index contributed by atoms with van der Waals surface area (Å²) in [5, 5.41) is 9.47. The van der Waals surface area contributed by atoms with Gasteiger partial charge in [-0.25, -0.2) is 4.79 Å². The lowest BCUT2D eigenvalue weighted by Crippen LogP contribution is -2.39. The Kier molecular flexibility index (Phi) is 4.05. The molecule has 0 atom stereocenters. The summed E-state index contributed by atoms with van der Waals surface area (Å²) in [4.78, 5) is 37.2. The van der Waals surface area contributed by atoms with E-state index in [1.165, 1.54) is 4.57 Å². The van der Waals surface area contributed by atoms with E-state index in [0.717, 1.165) is 18.4 Å². The van der Waals surface area contributed by atoms with Crippen LogP contribution in [0.15, 0.2) is 58.1 Å². The van der Waals surface area contributed by atoms with Crippen molar-refractivity contribution >= 4 is 16.7 Å². The third kappa shape index (κ3) is 2.78. The van der Waals surface area contributed by atoms with Crippen molar-refractivity contribution in [2.75, 3.05) is 6.61 Å². The highest BCUT2D eigenvalue weighted by Gasteiger charge is 2.28. The zero-order valence-corrected chi connectivity index (χ0v) is 14.1. The molecule has 26 heavy (non-hydrogen) atoms. The van der Waals surface area contributed by atoms with E-state index in [0.29, 0.717) is 23.0 Å². The fourth-order valence-corrected chi connectivity index (χ4v) is 3.22. The third-order valence-electron chi connectivity index (χ3n) is 4.75. The van der Waals surface area contributed by atoms with E-state index in [9.17, 15) is 14.4 Å². The lowest BCUT2D eigenvalue weighted by Gasteiger charge is -2.14. The Bertz CT molecular complexity index is 1110. The molecule has 0 bridgehead atoms. The number of para-hydroxylation sites is 1. The minimum Gasteiger partial charge on any atom is -0.388 e. The predicted molar refractivity (Wildman–Crippen MR) is 97.7 cm³/mol. The summed E-state index contributed by atoms with van der Waals surface area (Å²) in [7, 11) is 0. The van der Waals surface area contributed by atoms with Gasteiger partial charge in [0.05, 0.1) is 17.4 Å². The lowest BCUT2D eigenvalue weighted by atomic mass is 10.1. The maximum absolute atomic E-state index is 12.9. The van der Waals surface area contributed by atoms with Crippen molar-refractivity contribution in [2.45, 2.75) is 25.4 Å². The molecule has 0 radical (unpaired) electrons. The van der Waals surface area contributed by atoms with Crippen molar-refractivity contribution in [2.24, 2.45) is 0 Å². The molecule has 6 nitrogen and oxygen atoms in total. The summed E-state index contributed by atoms with van der Waals surface area (Å²) >= 11 is 0. The number of aliphatic hydroxyl groups excluding tert-OH is 1. The van der Waals surface area contributed by atoms with Gasteiger partial charge >= 0.3 is 5.69 Å². The molecule has 1 aliphatic rings. The normalized spacial score (nSPS) is 13.9. The maximum atomic E-state index is 12.9. The van der Waals surface area contributed by atoms with E-state index >= 15 is 0 Å². The number of fused-ring (bicyclic) bond motifs is 1. The quantitative estimate of drug-likeness (QED) is 0.711. The molecule has 132 valence electrons. The highest BCUT2D eigenvalue weighted by Crippen LogP contribution is 2.32. The summed E-state index contributed by atoms with van der Waals surface area (Å²) in [5.74, 6) is -0.346. The number of carbonyl (C=O) groups excluding carboxylic acids is 1. The Morgan fingerprint density at radius 1 is 1.04 bits per heavy atom. The molecule has 1 heterocycles. The molecule has 6 heteroatoms. The number of hydrogen-bond donors (Lipinski definition) is 1. The van der Waals surface area contributed by atoms with Crippen molar-refractivity contribution in [3.05, 3.63) is 80.5 Å². The van der Waals surface area contributed by atoms with Gasteiger partial charge in [0, 0.05) is 11.6 Å². The van der Waals surface area contributed by atoms with E-state index in [2.05, 4.69) is 0 Å². The van der Waals surface area contributed by atoms with E-state index in [1.54, 1.807) is 47.0 Å². The van der Waals surface area contributed by atoms with Crippen LogP contribution in [0.5, 0.6) is 0 Å². The number of aromatic nitrogens is 2. The first-order chi connectivity index (χ1) is 12.6. The molecule has 0 spiro atoms. The standard InChI is InChI=1S/C20H18N2O4/c23-12-18(24)14-7-5-13(6-8-14)11-21-17-4-2-1-3-16(17)19(25)22(20(21)26)15-9-10-15/h1-8,15,23H,9-12H2. The second-order valence-electron chi connectivity index (χ2n) is 6.57. The van der Waals surface area contributed by atoms with Crippen molar-refractivity contribution in [3.63, 3.8) is 0 Å². The topological polar surface area (TPSA) is 81.3 Å². The molecule has 0 aliphatic heterocycles. The first-order valence-electron chi connectivity index (χ1n) is 8.57. The van der Waals surface area contributed by atoms with Gasteiger partial charge in [-0.3, -0.25) is 18.7 Å². The van der Waals surface area contributed by atoms with Gasteiger partial charge < -0.3 is 5.11 Å². The fourth-order valence-electron chi connectivity index (χ4n) is 3.22. The second kappa shape index (κ2) is 6.38. The number of ketones is 1. The molecular formula is C20H18N2O4. The van der Waals surface area contributed by atoms with Crippen molar-refractivity contribution in [3.8, 4) is 0 Å². The molecule has 0 amide bonds. The number of benzene rings is 2. The summed E-state index contributed by atoms with van der Waals surface area (Å²) in [6.45, 7) is -0.226. The number of carbonyl (C=O) groups is 1. The summed E-state index contributed by atoms with van der Waals surface area (Å²) in [6, 6.07) is 13.9. The molecule has 1 saturated carbocycles. The van der Waals surface area contributed by atoms with Crippen LogP contribution in [0.25, 0.3) is 10.9 Å². The molecular weight excluding hydrogens is 332 g/mol. The second-order valence-corrected chi connectivity index (χ2v) is 6.57. The highest BCUT2D eigenvalue weighted by atomic mass is 16.3. The van der Waals surface area contributed by atoms with Crippen LogP contribution in [-0.2, 0) is 6.54 Å². The van der Waals surface area contributed by atoms with Gasteiger partial charge in [-0.15, -0.1) is 0 Å². The monoisotopic (exact) mass is 350 g/mol. The van der Waals surface area contributed by atoms with E-state index in [4.69, 9.17) is 5.11 Å². The Labute approximate surface area is 148 Å². The maximum Gasteiger partial charge on any atom is 0.332 e. The first kappa shape index (κ1) is 16.5. The number of Topliss-reactive ketones (excluding diaryl/α,β-unsaturated/α-hetero) is 1. The van der Waals surface area contributed by atoms with Gasteiger partial charge in [-0.05, 0) is 30.5 Å². The number of hydrogen-bond acceptors (Lipinski definition) is 4. The van der Waals surface area contributed by atoms with E-state index < -0.39 is 6.61 Å². The molecule has 1 fully saturated rings. The lowest BCUT2D eigenvalue weighted by molar-refractivity contribution is 0.0903. The average Bonchev–Trinajstić information content (AvgIpc) is 3.50. The predicted octanol–water partition coefficient (Wildman–Crippen LogP) is 1.72. The average molecular weight is 350 g/mol. The molecule has 0 saturated heterocycles. The minimum absolute atomic E-state index is 0.00425. The van der Waals surface area contributed by atoms with Crippen LogP contribution in [-0.4, -0.2) is 26.6 Å². The zero-order valence-electron chi connectivity index (χ0n) is 14.1. The molecule has 0 unspecified atom stereocenters. The van der Waals surface area contributed by atoms with Gasteiger partial charge in [0.25, 0.3) is 5.56 Å². The first-order valence-corrected chi connectivity index (χ1v) is 8.57. The number of rotatable bonds is 5. The zero-order chi connectivity index (χ0) is 18.3. The minimum atomic E-state index is -0.532. The van der Waals surface area contributed by atoms with Gasteiger partial charge in [0.1, 0.15) is 6.61 Å². The number of nitrogens with zero attached hydrogens (tertiary/aromatic N) is 2. The van der Waals surface area contributed by atoms with Crippen LogP contribution in [0.1, 0.15) is 34.8 Å². The van der Waals surface area contributed by atoms with Crippen molar-refractivity contribution in [1.29, 1.82) is 0 Å². The van der Waals surface area contributed by atoms with Crippen LogP contribution >= 0.6 is 0 Å². The molecule has 1 aromatic heterocycles. The largest absolute Gasteiger partial charge is 0.388 e. The van der Waals surface area contributed by atoms with Gasteiger partial charge in [0.15, 0.2) is 5.78 Å². The van der Waals surface area contributed by atoms with E-state index in [-0.39, 0.29) is 23.1 Å². The summed E-state index contributed by atoms with van der Waals surface area (Å²) in [5.41, 5.74) is 1.35. The molecule has 3 aromatic rings. The smallest absolute Gasteiger partial charge is 0.332 e. The van der Waals surface area contributed by atoms with Crippen LogP contribution < -0.4 is 11.2 Å². The Hall–Kier alpha value is -2.99. The number of aliphatic hydroxyl groups is 1. The molecule has 4 rings (SSSR count). The van der Waals surface area contributed by atoms with Crippen LogP contribution in [0.3, 0.4) is 0 Å². The molecule has 1 aliphatic carbocycles. The van der Waals surface area contributed by atoms with Crippen LogP contribution in [0.2, 0.25) is 0 Å². The Morgan fingerprint density at radius 3 is 2.38 bits per heavy atom. The fraction of sp³-hybridized carbons (Fsp3) is 0.250.